The first kappa shape index (κ1) is 24.6. The van der Waals surface area contributed by atoms with Crippen LogP contribution in [0.1, 0.15) is 46.0 Å². The zero-order valence-corrected chi connectivity index (χ0v) is 19.8. The number of aliphatic hydroxyl groups is 1. The first-order valence-electron chi connectivity index (χ1n) is 10.4. The lowest BCUT2D eigenvalue weighted by molar-refractivity contribution is -0.257. The molecule has 1 aliphatic heterocycles. The van der Waals surface area contributed by atoms with Crippen LogP contribution < -0.4 is 0 Å². The molecule has 1 fully saturated rings. The normalized spacial score (nSPS) is 23.2. The summed E-state index contributed by atoms with van der Waals surface area (Å²) < 4.78 is 23.5. The Balaban J connectivity index is 2.16. The van der Waals surface area contributed by atoms with Crippen molar-refractivity contribution in [3.05, 3.63) is 35.9 Å². The Morgan fingerprint density at radius 3 is 2.57 bits per heavy atom. The standard InChI is InChI=1S/C23H34O6Si/c1-7-26-21(25)14-13-18(24)15-19-20(29-30(5,6)23(2,3)4)16-27-22(28-19)17-11-9-8-10-12-17/h8-12,18-20,22,24H,7,15-16H2,1-6H3/t18-,19-,20+,22+/m0/s1. The third-order valence-electron chi connectivity index (χ3n) is 5.52. The van der Waals surface area contributed by atoms with E-state index in [2.05, 4.69) is 45.7 Å². The van der Waals surface area contributed by atoms with Gasteiger partial charge in [0, 0.05) is 17.9 Å². The number of hydrogen-bond acceptors (Lipinski definition) is 6. The van der Waals surface area contributed by atoms with Crippen LogP contribution in [0.5, 0.6) is 0 Å². The molecule has 2 rings (SSSR count). The molecule has 0 amide bonds. The van der Waals surface area contributed by atoms with Gasteiger partial charge in [-0.25, -0.2) is 4.79 Å². The minimum Gasteiger partial charge on any atom is -0.456 e. The van der Waals surface area contributed by atoms with Crippen molar-refractivity contribution in [2.24, 2.45) is 0 Å². The lowest BCUT2D eigenvalue weighted by atomic mass is 10.1. The van der Waals surface area contributed by atoms with E-state index < -0.39 is 32.8 Å². The van der Waals surface area contributed by atoms with Crippen molar-refractivity contribution in [2.45, 2.75) is 76.8 Å². The second-order valence-corrected chi connectivity index (χ2v) is 13.7. The van der Waals surface area contributed by atoms with Crippen LogP contribution in [0.3, 0.4) is 0 Å². The van der Waals surface area contributed by atoms with Crippen molar-refractivity contribution < 1.29 is 28.5 Å². The number of esters is 1. The molecule has 0 bridgehead atoms. The van der Waals surface area contributed by atoms with Crippen LogP contribution in [0, 0.1) is 11.8 Å². The maximum absolute atomic E-state index is 11.5. The van der Waals surface area contributed by atoms with Crippen molar-refractivity contribution in [1.82, 2.24) is 0 Å². The molecule has 1 heterocycles. The highest BCUT2D eigenvalue weighted by atomic mass is 28.4. The topological polar surface area (TPSA) is 74.2 Å². The van der Waals surface area contributed by atoms with Gasteiger partial charge in [-0.2, -0.15) is 0 Å². The summed E-state index contributed by atoms with van der Waals surface area (Å²) in [6.45, 7) is 13.2. The highest BCUT2D eigenvalue weighted by Crippen LogP contribution is 2.39. The number of carbonyl (C=O) groups excluding carboxylic acids is 1. The zero-order valence-electron chi connectivity index (χ0n) is 18.8. The van der Waals surface area contributed by atoms with E-state index >= 15 is 0 Å². The molecule has 0 aromatic heterocycles. The molecular weight excluding hydrogens is 400 g/mol. The van der Waals surface area contributed by atoms with Crippen molar-refractivity contribution in [3.8, 4) is 11.8 Å². The third-order valence-corrected chi connectivity index (χ3v) is 10.0. The fourth-order valence-corrected chi connectivity index (χ4v) is 4.15. The van der Waals surface area contributed by atoms with E-state index in [4.69, 9.17) is 18.6 Å². The molecule has 6 nitrogen and oxygen atoms in total. The number of hydrogen-bond donors (Lipinski definition) is 1. The van der Waals surface area contributed by atoms with Crippen molar-refractivity contribution in [1.29, 1.82) is 0 Å². The molecule has 0 spiro atoms. The van der Waals surface area contributed by atoms with E-state index in [1.54, 1.807) is 6.92 Å². The summed E-state index contributed by atoms with van der Waals surface area (Å²) in [6, 6.07) is 9.66. The molecule has 1 aromatic rings. The third kappa shape index (κ3) is 6.93. The van der Waals surface area contributed by atoms with Crippen LogP contribution in [-0.4, -0.2) is 50.9 Å². The summed E-state index contributed by atoms with van der Waals surface area (Å²) in [6.07, 6.45) is -2.13. The Labute approximate surface area is 181 Å². The Morgan fingerprint density at radius 1 is 1.30 bits per heavy atom. The van der Waals surface area contributed by atoms with Crippen LogP contribution >= 0.6 is 0 Å². The summed E-state index contributed by atoms with van der Waals surface area (Å²) >= 11 is 0. The lowest BCUT2D eigenvalue weighted by Gasteiger charge is -2.44. The van der Waals surface area contributed by atoms with E-state index in [1.807, 2.05) is 30.3 Å². The molecule has 166 valence electrons. The monoisotopic (exact) mass is 434 g/mol. The van der Waals surface area contributed by atoms with E-state index in [9.17, 15) is 9.90 Å². The van der Waals surface area contributed by atoms with Gasteiger partial charge in [0.1, 0.15) is 6.10 Å². The van der Waals surface area contributed by atoms with Crippen LogP contribution in [-0.2, 0) is 23.4 Å². The molecule has 0 unspecified atom stereocenters. The lowest BCUT2D eigenvalue weighted by Crippen LogP contribution is -2.52. The molecule has 1 N–H and O–H groups in total. The molecule has 1 saturated heterocycles. The van der Waals surface area contributed by atoms with E-state index in [0.717, 1.165) is 5.56 Å². The number of rotatable bonds is 6. The molecule has 1 aliphatic rings. The fourth-order valence-electron chi connectivity index (χ4n) is 2.82. The Hall–Kier alpha value is -1.69. The molecule has 0 radical (unpaired) electrons. The SMILES string of the molecule is CCOC(=O)C#C[C@H](O)C[C@@H]1O[C@H](c2ccccc2)OC[C@H]1O[Si](C)(C)C(C)(C)C. The summed E-state index contributed by atoms with van der Waals surface area (Å²) in [5, 5.41) is 10.4. The number of aliphatic hydroxyl groups excluding tert-OH is 1. The molecule has 7 heteroatoms. The maximum atomic E-state index is 11.5. The zero-order chi connectivity index (χ0) is 22.4. The van der Waals surface area contributed by atoms with Gasteiger partial charge in [-0.1, -0.05) is 57.0 Å². The summed E-state index contributed by atoms with van der Waals surface area (Å²) in [7, 11) is -2.09. The van der Waals surface area contributed by atoms with E-state index in [1.165, 1.54) is 0 Å². The molecule has 30 heavy (non-hydrogen) atoms. The Morgan fingerprint density at radius 2 is 1.97 bits per heavy atom. The fraction of sp³-hybridized carbons (Fsp3) is 0.609. The maximum Gasteiger partial charge on any atom is 0.384 e. The number of benzene rings is 1. The molecule has 1 aromatic carbocycles. The van der Waals surface area contributed by atoms with Gasteiger partial charge in [0.15, 0.2) is 14.6 Å². The summed E-state index contributed by atoms with van der Waals surface area (Å²) in [4.78, 5) is 11.5. The average molecular weight is 435 g/mol. The smallest absolute Gasteiger partial charge is 0.384 e. The highest BCUT2D eigenvalue weighted by molar-refractivity contribution is 6.74. The van der Waals surface area contributed by atoms with Crippen molar-refractivity contribution in [3.63, 3.8) is 0 Å². The minimum absolute atomic E-state index is 0.0240. The second kappa shape index (κ2) is 10.6. The molecular formula is C23H34O6Si. The van der Waals surface area contributed by atoms with Crippen molar-refractivity contribution in [2.75, 3.05) is 13.2 Å². The van der Waals surface area contributed by atoms with Crippen LogP contribution in [0.15, 0.2) is 30.3 Å². The van der Waals surface area contributed by atoms with Gasteiger partial charge in [-0.3, -0.25) is 0 Å². The predicted molar refractivity (Wildman–Crippen MR) is 117 cm³/mol. The molecule has 0 aliphatic carbocycles. The first-order chi connectivity index (χ1) is 14.0. The average Bonchev–Trinajstić information content (AvgIpc) is 2.67. The van der Waals surface area contributed by atoms with Gasteiger partial charge >= 0.3 is 5.97 Å². The van der Waals surface area contributed by atoms with Gasteiger partial charge < -0.3 is 23.7 Å². The quantitative estimate of drug-likeness (QED) is 0.318. The van der Waals surface area contributed by atoms with Crippen LogP contribution in [0.2, 0.25) is 18.1 Å². The highest BCUT2D eigenvalue weighted by Gasteiger charge is 2.43. The van der Waals surface area contributed by atoms with Crippen LogP contribution in [0.25, 0.3) is 0 Å². The van der Waals surface area contributed by atoms with Crippen LogP contribution in [0.4, 0.5) is 0 Å². The summed E-state index contributed by atoms with van der Waals surface area (Å²) in [5.74, 6) is 4.22. The predicted octanol–water partition coefficient (Wildman–Crippen LogP) is 3.81. The number of carbonyl (C=O) groups is 1. The largest absolute Gasteiger partial charge is 0.456 e. The minimum atomic E-state index is -2.09. The van der Waals surface area contributed by atoms with Gasteiger partial charge in [-0.05, 0) is 25.1 Å². The van der Waals surface area contributed by atoms with Gasteiger partial charge in [0.25, 0.3) is 0 Å². The molecule has 4 atom stereocenters. The molecule has 0 saturated carbocycles. The second-order valence-electron chi connectivity index (χ2n) is 8.91. The summed E-state index contributed by atoms with van der Waals surface area (Å²) in [5.41, 5.74) is 0.903. The Bertz CT molecular complexity index is 746. The van der Waals surface area contributed by atoms with E-state index in [0.29, 0.717) is 6.61 Å². The van der Waals surface area contributed by atoms with E-state index in [-0.39, 0.29) is 24.2 Å². The van der Waals surface area contributed by atoms with Gasteiger partial charge in [0.05, 0.1) is 25.4 Å². The Kier molecular flexibility index (Phi) is 8.65. The first-order valence-corrected chi connectivity index (χ1v) is 13.3. The van der Waals surface area contributed by atoms with Gasteiger partial charge in [-0.15, -0.1) is 0 Å². The van der Waals surface area contributed by atoms with Crippen molar-refractivity contribution >= 4 is 14.3 Å². The number of ether oxygens (including phenoxy) is 3. The van der Waals surface area contributed by atoms with Gasteiger partial charge in [0.2, 0.25) is 0 Å².